The lowest BCUT2D eigenvalue weighted by molar-refractivity contribution is -0.122. The third-order valence-corrected chi connectivity index (χ3v) is 3.55. The maximum absolute atomic E-state index is 11.4. The predicted octanol–water partition coefficient (Wildman–Crippen LogP) is 3.12. The molecule has 1 rings (SSSR count). The molecule has 0 heterocycles. The molecule has 1 aliphatic carbocycles. The highest BCUT2D eigenvalue weighted by Gasteiger charge is 2.34. The van der Waals surface area contributed by atoms with Gasteiger partial charge in [-0.2, -0.15) is 0 Å². The number of carbonyl (C=O) groups is 1. The van der Waals surface area contributed by atoms with Crippen molar-refractivity contribution in [3.05, 3.63) is 0 Å². The number of hydrogen-bond acceptors (Lipinski definition) is 1. The molecule has 15 heavy (non-hydrogen) atoms. The molecular weight excluding hydrogens is 186 g/mol. The minimum atomic E-state index is 0.205. The van der Waals surface area contributed by atoms with Crippen LogP contribution in [0, 0.1) is 11.3 Å². The molecule has 0 unspecified atom stereocenters. The molecule has 0 aromatic carbocycles. The zero-order valence-electron chi connectivity index (χ0n) is 10.6. The zero-order chi connectivity index (χ0) is 11.5. The summed E-state index contributed by atoms with van der Waals surface area (Å²) in [6.07, 6.45) is 5.61. The summed E-state index contributed by atoms with van der Waals surface area (Å²) in [5.74, 6) is 0.845. The van der Waals surface area contributed by atoms with Crippen LogP contribution in [0.3, 0.4) is 0 Å². The van der Waals surface area contributed by atoms with Gasteiger partial charge in [0, 0.05) is 12.5 Å². The van der Waals surface area contributed by atoms with Crippen molar-refractivity contribution in [1.29, 1.82) is 0 Å². The zero-order valence-corrected chi connectivity index (χ0v) is 10.6. The summed E-state index contributed by atoms with van der Waals surface area (Å²) in [5.41, 5.74) is 0.312. The summed E-state index contributed by atoms with van der Waals surface area (Å²) in [6, 6.07) is 0.409. The Balaban J connectivity index is 2.62. The first-order chi connectivity index (χ1) is 6.95. The smallest absolute Gasteiger partial charge is 0.219 e. The van der Waals surface area contributed by atoms with Gasteiger partial charge in [0.2, 0.25) is 5.91 Å². The SMILES string of the molecule is CCC(=O)N[C@@H]1CCCC[C@H]1C(C)(C)C. The van der Waals surface area contributed by atoms with E-state index in [-0.39, 0.29) is 5.91 Å². The van der Waals surface area contributed by atoms with E-state index in [0.717, 1.165) is 6.42 Å². The van der Waals surface area contributed by atoms with E-state index in [9.17, 15) is 4.79 Å². The van der Waals surface area contributed by atoms with Crippen molar-refractivity contribution in [2.45, 2.75) is 65.8 Å². The third kappa shape index (κ3) is 3.51. The van der Waals surface area contributed by atoms with Crippen molar-refractivity contribution in [3.8, 4) is 0 Å². The van der Waals surface area contributed by atoms with Crippen LogP contribution in [0.15, 0.2) is 0 Å². The minimum absolute atomic E-state index is 0.205. The first kappa shape index (κ1) is 12.5. The Kier molecular flexibility index (Phi) is 4.18. The third-order valence-electron chi connectivity index (χ3n) is 3.55. The monoisotopic (exact) mass is 211 g/mol. The van der Waals surface area contributed by atoms with Crippen LogP contribution in [0.4, 0.5) is 0 Å². The highest BCUT2D eigenvalue weighted by atomic mass is 16.1. The fraction of sp³-hybridized carbons (Fsp3) is 0.923. The van der Waals surface area contributed by atoms with Gasteiger partial charge in [0.1, 0.15) is 0 Å². The Hall–Kier alpha value is -0.530. The number of carbonyl (C=O) groups excluding carboxylic acids is 1. The Bertz CT molecular complexity index is 217. The van der Waals surface area contributed by atoms with E-state index < -0.39 is 0 Å². The minimum Gasteiger partial charge on any atom is -0.353 e. The van der Waals surface area contributed by atoms with E-state index in [1.165, 1.54) is 19.3 Å². The van der Waals surface area contributed by atoms with Gasteiger partial charge in [-0.3, -0.25) is 4.79 Å². The quantitative estimate of drug-likeness (QED) is 0.747. The summed E-state index contributed by atoms with van der Waals surface area (Å²) in [4.78, 5) is 11.4. The van der Waals surface area contributed by atoms with Crippen molar-refractivity contribution >= 4 is 5.91 Å². The Morgan fingerprint density at radius 3 is 2.40 bits per heavy atom. The van der Waals surface area contributed by atoms with Gasteiger partial charge >= 0.3 is 0 Å². The largest absolute Gasteiger partial charge is 0.353 e. The van der Waals surface area contributed by atoms with Crippen molar-refractivity contribution in [3.63, 3.8) is 0 Å². The van der Waals surface area contributed by atoms with Gasteiger partial charge in [-0.25, -0.2) is 0 Å². The molecule has 1 saturated carbocycles. The number of rotatable bonds is 2. The van der Waals surface area contributed by atoms with Gasteiger partial charge in [0.15, 0.2) is 0 Å². The van der Waals surface area contributed by atoms with Crippen LogP contribution in [0.25, 0.3) is 0 Å². The fourth-order valence-electron chi connectivity index (χ4n) is 2.65. The highest BCUT2D eigenvalue weighted by molar-refractivity contribution is 5.75. The van der Waals surface area contributed by atoms with Gasteiger partial charge < -0.3 is 5.32 Å². The molecular formula is C13H25NO. The maximum Gasteiger partial charge on any atom is 0.219 e. The van der Waals surface area contributed by atoms with Crippen LogP contribution >= 0.6 is 0 Å². The molecule has 2 nitrogen and oxygen atoms in total. The summed E-state index contributed by atoms with van der Waals surface area (Å²) in [6.45, 7) is 8.78. The van der Waals surface area contributed by atoms with Gasteiger partial charge in [-0.15, -0.1) is 0 Å². The van der Waals surface area contributed by atoms with Crippen LogP contribution in [-0.2, 0) is 4.79 Å². The van der Waals surface area contributed by atoms with Gasteiger partial charge in [0.05, 0.1) is 0 Å². The molecule has 1 aliphatic rings. The maximum atomic E-state index is 11.4. The lowest BCUT2D eigenvalue weighted by Crippen LogP contribution is -2.46. The van der Waals surface area contributed by atoms with E-state index in [0.29, 0.717) is 23.8 Å². The van der Waals surface area contributed by atoms with E-state index in [2.05, 4.69) is 26.1 Å². The molecule has 0 aromatic heterocycles. The molecule has 1 N–H and O–H groups in total. The lowest BCUT2D eigenvalue weighted by atomic mass is 9.69. The van der Waals surface area contributed by atoms with Crippen LogP contribution in [0.5, 0.6) is 0 Å². The molecule has 0 spiro atoms. The molecule has 1 amide bonds. The first-order valence-electron chi connectivity index (χ1n) is 6.24. The fourth-order valence-corrected chi connectivity index (χ4v) is 2.65. The first-order valence-corrected chi connectivity index (χ1v) is 6.24. The normalized spacial score (nSPS) is 27.5. The van der Waals surface area contributed by atoms with Gasteiger partial charge in [-0.05, 0) is 24.2 Å². The van der Waals surface area contributed by atoms with E-state index in [1.807, 2.05) is 6.92 Å². The van der Waals surface area contributed by atoms with E-state index >= 15 is 0 Å². The average Bonchev–Trinajstić information content (AvgIpc) is 2.17. The molecule has 0 radical (unpaired) electrons. The molecule has 0 saturated heterocycles. The molecule has 2 heteroatoms. The Labute approximate surface area is 93.8 Å². The van der Waals surface area contributed by atoms with Crippen molar-refractivity contribution in [1.82, 2.24) is 5.32 Å². The average molecular weight is 211 g/mol. The summed E-state index contributed by atoms with van der Waals surface area (Å²) < 4.78 is 0. The molecule has 0 aromatic rings. The van der Waals surface area contributed by atoms with Crippen molar-refractivity contribution in [2.24, 2.45) is 11.3 Å². The summed E-state index contributed by atoms with van der Waals surface area (Å²) >= 11 is 0. The second-order valence-electron chi connectivity index (χ2n) is 5.78. The van der Waals surface area contributed by atoms with Crippen molar-refractivity contribution in [2.75, 3.05) is 0 Å². The van der Waals surface area contributed by atoms with Crippen LogP contribution < -0.4 is 5.32 Å². The van der Waals surface area contributed by atoms with Crippen LogP contribution in [0.2, 0.25) is 0 Å². The second-order valence-corrected chi connectivity index (χ2v) is 5.78. The van der Waals surface area contributed by atoms with Gasteiger partial charge in [-0.1, -0.05) is 40.5 Å². The van der Waals surface area contributed by atoms with Gasteiger partial charge in [0.25, 0.3) is 0 Å². The summed E-state index contributed by atoms with van der Waals surface area (Å²) in [5, 5.41) is 3.19. The standard InChI is InChI=1S/C13H25NO/c1-5-12(15)14-11-9-7-6-8-10(11)13(2,3)4/h10-11H,5-9H2,1-4H3,(H,14,15)/t10-,11-/m1/s1. The number of nitrogens with one attached hydrogen (secondary N) is 1. The molecule has 0 aliphatic heterocycles. The van der Waals surface area contributed by atoms with Crippen LogP contribution in [-0.4, -0.2) is 11.9 Å². The highest BCUT2D eigenvalue weighted by Crippen LogP contribution is 2.37. The summed E-state index contributed by atoms with van der Waals surface area (Å²) in [7, 11) is 0. The lowest BCUT2D eigenvalue weighted by Gasteiger charge is -2.40. The van der Waals surface area contributed by atoms with Crippen LogP contribution in [0.1, 0.15) is 59.8 Å². The molecule has 2 atom stereocenters. The molecule has 88 valence electrons. The molecule has 1 fully saturated rings. The van der Waals surface area contributed by atoms with E-state index in [1.54, 1.807) is 0 Å². The number of hydrogen-bond donors (Lipinski definition) is 1. The molecule has 0 bridgehead atoms. The second kappa shape index (κ2) is 5.00. The Morgan fingerprint density at radius 1 is 1.27 bits per heavy atom. The number of amides is 1. The predicted molar refractivity (Wildman–Crippen MR) is 63.6 cm³/mol. The van der Waals surface area contributed by atoms with Crippen molar-refractivity contribution < 1.29 is 4.79 Å². The topological polar surface area (TPSA) is 29.1 Å². The van der Waals surface area contributed by atoms with E-state index in [4.69, 9.17) is 0 Å². The Morgan fingerprint density at radius 2 is 1.87 bits per heavy atom.